The van der Waals surface area contributed by atoms with Crippen LogP contribution in [-0.4, -0.2) is 37.4 Å². The molecule has 98 valence electrons. The lowest BCUT2D eigenvalue weighted by molar-refractivity contribution is -0.117. The number of carbonyl (C=O) groups excluding carboxylic acids is 1. The van der Waals surface area contributed by atoms with E-state index in [1.807, 2.05) is 31.2 Å². The van der Waals surface area contributed by atoms with Gasteiger partial charge in [-0.25, -0.2) is 0 Å². The number of rotatable bonds is 6. The van der Waals surface area contributed by atoms with Gasteiger partial charge < -0.3 is 15.2 Å². The number of aliphatic hydroxyl groups is 1. The van der Waals surface area contributed by atoms with Crippen LogP contribution in [0.15, 0.2) is 30.3 Å². The minimum Gasteiger partial charge on any atom is -0.394 e. The van der Waals surface area contributed by atoms with E-state index in [0.29, 0.717) is 6.61 Å². The molecule has 0 saturated heterocycles. The van der Waals surface area contributed by atoms with Crippen LogP contribution in [0.1, 0.15) is 11.1 Å². The van der Waals surface area contributed by atoms with Gasteiger partial charge >= 0.3 is 0 Å². The molecule has 0 aliphatic carbocycles. The third-order valence-electron chi connectivity index (χ3n) is 2.44. The topological polar surface area (TPSA) is 58.6 Å². The number of hydrogen-bond donors (Lipinski definition) is 2. The van der Waals surface area contributed by atoms with Crippen molar-refractivity contribution >= 4 is 12.0 Å². The van der Waals surface area contributed by atoms with Crippen LogP contribution in [0.4, 0.5) is 0 Å². The van der Waals surface area contributed by atoms with Crippen molar-refractivity contribution in [3.05, 3.63) is 41.5 Å². The molecule has 0 heterocycles. The number of carbonyl (C=O) groups is 1. The zero-order valence-corrected chi connectivity index (χ0v) is 10.7. The van der Waals surface area contributed by atoms with E-state index < -0.39 is 0 Å². The summed E-state index contributed by atoms with van der Waals surface area (Å²) in [5.41, 5.74) is 2.14. The van der Waals surface area contributed by atoms with Crippen LogP contribution in [0.2, 0.25) is 0 Å². The van der Waals surface area contributed by atoms with Gasteiger partial charge in [0.1, 0.15) is 0 Å². The number of nitrogens with one attached hydrogen (secondary N) is 1. The van der Waals surface area contributed by atoms with Gasteiger partial charge in [-0.2, -0.15) is 0 Å². The molecule has 0 radical (unpaired) electrons. The lowest BCUT2D eigenvalue weighted by Crippen LogP contribution is -2.39. The van der Waals surface area contributed by atoms with Crippen molar-refractivity contribution < 1.29 is 14.6 Å². The fourth-order valence-electron chi connectivity index (χ4n) is 1.44. The van der Waals surface area contributed by atoms with Crippen molar-refractivity contribution in [3.63, 3.8) is 0 Å². The predicted molar refractivity (Wildman–Crippen MR) is 71.1 cm³/mol. The summed E-state index contributed by atoms with van der Waals surface area (Å²) in [5, 5.41) is 11.7. The fourth-order valence-corrected chi connectivity index (χ4v) is 1.44. The lowest BCUT2D eigenvalue weighted by atomic mass is 10.1. The highest BCUT2D eigenvalue weighted by molar-refractivity contribution is 5.91. The third kappa shape index (κ3) is 5.12. The summed E-state index contributed by atoms with van der Waals surface area (Å²) in [6.45, 7) is 2.16. The minimum absolute atomic E-state index is 0.141. The smallest absolute Gasteiger partial charge is 0.244 e. The first-order valence-electron chi connectivity index (χ1n) is 5.80. The molecule has 1 rings (SSSR count). The van der Waals surface area contributed by atoms with E-state index in [1.165, 1.54) is 18.7 Å². The molecule has 0 saturated carbocycles. The quantitative estimate of drug-likeness (QED) is 0.743. The Hall–Kier alpha value is -1.65. The van der Waals surface area contributed by atoms with Crippen molar-refractivity contribution in [1.29, 1.82) is 0 Å². The summed E-state index contributed by atoms with van der Waals surface area (Å²) >= 11 is 0. The Morgan fingerprint density at radius 3 is 2.67 bits per heavy atom. The van der Waals surface area contributed by atoms with Crippen molar-refractivity contribution in [3.8, 4) is 0 Å². The standard InChI is InChI=1S/C14H19NO3/c1-11-3-5-12(6-4-11)7-8-14(17)15-13(9-16)10-18-2/h3-8,13,16H,9-10H2,1-2H3,(H,15,17)/b8-7+. The van der Waals surface area contributed by atoms with E-state index in [1.54, 1.807) is 6.08 Å². The molecule has 0 aliphatic heterocycles. The first kappa shape index (κ1) is 14.4. The molecule has 0 bridgehead atoms. The van der Waals surface area contributed by atoms with E-state index in [4.69, 9.17) is 9.84 Å². The van der Waals surface area contributed by atoms with Crippen LogP contribution in [-0.2, 0) is 9.53 Å². The van der Waals surface area contributed by atoms with Crippen molar-refractivity contribution in [1.82, 2.24) is 5.32 Å². The van der Waals surface area contributed by atoms with Gasteiger partial charge in [0.2, 0.25) is 5.91 Å². The maximum atomic E-state index is 11.6. The van der Waals surface area contributed by atoms with E-state index in [9.17, 15) is 4.79 Å². The molecular formula is C14H19NO3. The number of hydrogen-bond acceptors (Lipinski definition) is 3. The first-order valence-corrected chi connectivity index (χ1v) is 5.80. The summed E-state index contributed by atoms with van der Waals surface area (Å²) in [7, 11) is 1.52. The molecule has 1 unspecified atom stereocenters. The van der Waals surface area contributed by atoms with E-state index in [2.05, 4.69) is 5.32 Å². The van der Waals surface area contributed by atoms with Gasteiger partial charge in [0.25, 0.3) is 0 Å². The fraction of sp³-hybridized carbons (Fsp3) is 0.357. The van der Waals surface area contributed by atoms with Gasteiger partial charge in [0.05, 0.1) is 19.3 Å². The van der Waals surface area contributed by atoms with Crippen LogP contribution >= 0.6 is 0 Å². The maximum Gasteiger partial charge on any atom is 0.244 e. The van der Waals surface area contributed by atoms with Crippen LogP contribution < -0.4 is 5.32 Å². The zero-order chi connectivity index (χ0) is 13.4. The van der Waals surface area contributed by atoms with Gasteiger partial charge in [-0.15, -0.1) is 0 Å². The molecule has 18 heavy (non-hydrogen) atoms. The number of aryl methyl sites for hydroxylation is 1. The van der Waals surface area contributed by atoms with E-state index in [0.717, 1.165) is 5.56 Å². The molecular weight excluding hydrogens is 230 g/mol. The van der Waals surface area contributed by atoms with Gasteiger partial charge in [-0.05, 0) is 18.6 Å². The van der Waals surface area contributed by atoms with Gasteiger partial charge in [0.15, 0.2) is 0 Å². The SMILES string of the molecule is COCC(CO)NC(=O)/C=C/c1ccc(C)cc1. The third-order valence-corrected chi connectivity index (χ3v) is 2.44. The molecule has 0 fully saturated rings. The summed E-state index contributed by atoms with van der Waals surface area (Å²) < 4.78 is 4.87. The molecule has 2 N–H and O–H groups in total. The minimum atomic E-state index is -0.370. The summed E-state index contributed by atoms with van der Waals surface area (Å²) in [6.07, 6.45) is 3.18. The maximum absolute atomic E-state index is 11.6. The number of ether oxygens (including phenoxy) is 1. The van der Waals surface area contributed by atoms with Crippen LogP contribution in [0.3, 0.4) is 0 Å². The molecule has 0 spiro atoms. The summed E-state index contributed by atoms with van der Waals surface area (Å²) in [6, 6.07) is 7.48. The molecule has 4 heteroatoms. The van der Waals surface area contributed by atoms with E-state index in [-0.39, 0.29) is 18.6 Å². The van der Waals surface area contributed by atoms with E-state index >= 15 is 0 Å². The Morgan fingerprint density at radius 1 is 1.44 bits per heavy atom. The monoisotopic (exact) mass is 249 g/mol. The Bertz CT molecular complexity index is 398. The average Bonchev–Trinajstić information content (AvgIpc) is 2.37. The molecule has 1 amide bonds. The van der Waals surface area contributed by atoms with Crippen LogP contribution in [0, 0.1) is 6.92 Å². The summed E-state index contributed by atoms with van der Waals surface area (Å²) in [5.74, 6) is -0.244. The second kappa shape index (κ2) is 7.63. The normalized spacial score (nSPS) is 12.6. The van der Waals surface area contributed by atoms with Crippen molar-refractivity contribution in [2.24, 2.45) is 0 Å². The van der Waals surface area contributed by atoms with Crippen LogP contribution in [0.25, 0.3) is 6.08 Å². The molecule has 1 aromatic carbocycles. The van der Waals surface area contributed by atoms with Crippen molar-refractivity contribution in [2.45, 2.75) is 13.0 Å². The largest absolute Gasteiger partial charge is 0.394 e. The average molecular weight is 249 g/mol. The molecule has 0 aromatic heterocycles. The van der Waals surface area contributed by atoms with Gasteiger partial charge in [0, 0.05) is 13.2 Å². The molecule has 1 atom stereocenters. The Morgan fingerprint density at radius 2 is 2.11 bits per heavy atom. The molecule has 0 aliphatic rings. The predicted octanol–water partition coefficient (Wildman–Crippen LogP) is 1.13. The Labute approximate surface area is 107 Å². The second-order valence-corrected chi connectivity index (χ2v) is 4.09. The second-order valence-electron chi connectivity index (χ2n) is 4.09. The number of amides is 1. The highest BCUT2D eigenvalue weighted by atomic mass is 16.5. The zero-order valence-electron chi connectivity index (χ0n) is 10.7. The van der Waals surface area contributed by atoms with Gasteiger partial charge in [-0.1, -0.05) is 29.8 Å². The number of methoxy groups -OCH3 is 1. The summed E-state index contributed by atoms with van der Waals surface area (Å²) in [4.78, 5) is 11.6. The Kier molecular flexibility index (Phi) is 6.11. The number of aliphatic hydroxyl groups excluding tert-OH is 1. The first-order chi connectivity index (χ1) is 8.65. The van der Waals surface area contributed by atoms with Gasteiger partial charge in [-0.3, -0.25) is 4.79 Å². The highest BCUT2D eigenvalue weighted by Crippen LogP contribution is 2.04. The molecule has 4 nitrogen and oxygen atoms in total. The molecule has 1 aromatic rings. The lowest BCUT2D eigenvalue weighted by Gasteiger charge is -2.13. The highest BCUT2D eigenvalue weighted by Gasteiger charge is 2.08. The Balaban J connectivity index is 2.50. The van der Waals surface area contributed by atoms with Crippen LogP contribution in [0.5, 0.6) is 0 Å². The number of benzene rings is 1. The van der Waals surface area contributed by atoms with Crippen molar-refractivity contribution in [2.75, 3.05) is 20.3 Å².